The number of carbonyl (C=O) groups excluding carboxylic acids is 3. The summed E-state index contributed by atoms with van der Waals surface area (Å²) in [6.07, 6.45) is 0. The molecule has 0 aliphatic heterocycles. The summed E-state index contributed by atoms with van der Waals surface area (Å²) < 4.78 is 9.47. The Hall–Kier alpha value is -2.28. The molecule has 0 aromatic heterocycles. The van der Waals surface area contributed by atoms with E-state index in [1.165, 1.54) is 43.5 Å². The van der Waals surface area contributed by atoms with Crippen molar-refractivity contribution in [2.75, 3.05) is 19.0 Å². The fourth-order valence-electron chi connectivity index (χ4n) is 1.88. The summed E-state index contributed by atoms with van der Waals surface area (Å²) in [6, 6.07) is 8.38. The van der Waals surface area contributed by atoms with Crippen LogP contribution >= 0.6 is 34.8 Å². The van der Waals surface area contributed by atoms with E-state index in [4.69, 9.17) is 39.5 Å². The predicted molar refractivity (Wildman–Crippen MR) is 98.2 cm³/mol. The number of amides is 1. The molecule has 0 atom stereocenters. The molecule has 2 rings (SSSR count). The van der Waals surface area contributed by atoms with Crippen LogP contribution < -0.4 is 5.32 Å². The number of ether oxygens (including phenoxy) is 2. The summed E-state index contributed by atoms with van der Waals surface area (Å²) in [4.78, 5) is 35.2. The fraction of sp³-hybridized carbons (Fsp3) is 0.118. The van der Waals surface area contributed by atoms with E-state index in [1.54, 1.807) is 0 Å². The van der Waals surface area contributed by atoms with Crippen molar-refractivity contribution in [1.29, 1.82) is 0 Å². The number of halogens is 3. The molecule has 0 fully saturated rings. The van der Waals surface area contributed by atoms with Crippen molar-refractivity contribution in [2.24, 2.45) is 0 Å². The van der Waals surface area contributed by atoms with Gasteiger partial charge in [-0.1, -0.05) is 34.8 Å². The average molecular weight is 417 g/mol. The van der Waals surface area contributed by atoms with Crippen LogP contribution in [0.2, 0.25) is 15.1 Å². The third-order valence-corrected chi connectivity index (χ3v) is 4.19. The Kier molecular flexibility index (Phi) is 6.85. The van der Waals surface area contributed by atoms with Gasteiger partial charge in [0.2, 0.25) is 0 Å². The Morgan fingerprint density at radius 2 is 1.42 bits per heavy atom. The summed E-state index contributed by atoms with van der Waals surface area (Å²) in [5.41, 5.74) is 0.707. The van der Waals surface area contributed by atoms with Gasteiger partial charge in [-0.05, 0) is 36.4 Å². The lowest BCUT2D eigenvalue weighted by atomic mass is 10.1. The van der Waals surface area contributed by atoms with Crippen LogP contribution in [0.1, 0.15) is 20.7 Å². The minimum atomic E-state index is -0.725. The minimum absolute atomic E-state index is 0.179. The Morgan fingerprint density at radius 3 is 2.00 bits per heavy atom. The van der Waals surface area contributed by atoms with E-state index in [1.807, 2.05) is 0 Å². The number of hydrogen-bond donors (Lipinski definition) is 1. The quantitative estimate of drug-likeness (QED) is 0.583. The maximum absolute atomic E-state index is 11.9. The number of anilines is 1. The third kappa shape index (κ3) is 5.11. The summed E-state index contributed by atoms with van der Waals surface area (Å²) in [5.74, 6) is -1.86. The molecule has 0 heterocycles. The Labute approximate surface area is 163 Å². The molecule has 0 spiro atoms. The smallest absolute Gasteiger partial charge is 0.338 e. The average Bonchev–Trinajstić information content (AvgIpc) is 2.63. The Morgan fingerprint density at radius 1 is 0.885 bits per heavy atom. The van der Waals surface area contributed by atoms with E-state index in [0.717, 1.165) is 0 Å². The zero-order valence-corrected chi connectivity index (χ0v) is 15.6. The molecular weight excluding hydrogens is 405 g/mol. The van der Waals surface area contributed by atoms with E-state index in [9.17, 15) is 14.4 Å². The first-order valence-electron chi connectivity index (χ1n) is 7.11. The molecule has 2 aromatic carbocycles. The highest BCUT2D eigenvalue weighted by Gasteiger charge is 2.14. The van der Waals surface area contributed by atoms with Gasteiger partial charge in [-0.15, -0.1) is 0 Å². The van der Waals surface area contributed by atoms with Crippen LogP contribution in [0, 0.1) is 0 Å². The van der Waals surface area contributed by atoms with Crippen LogP contribution in [0.5, 0.6) is 0 Å². The van der Waals surface area contributed by atoms with Crippen molar-refractivity contribution in [3.05, 3.63) is 62.6 Å². The number of benzene rings is 2. The molecule has 26 heavy (non-hydrogen) atoms. The van der Waals surface area contributed by atoms with Crippen molar-refractivity contribution < 1.29 is 23.9 Å². The first kappa shape index (κ1) is 20.0. The molecule has 0 saturated heterocycles. The van der Waals surface area contributed by atoms with E-state index in [0.29, 0.717) is 0 Å². The van der Waals surface area contributed by atoms with Crippen LogP contribution in [0.15, 0.2) is 36.4 Å². The lowest BCUT2D eigenvalue weighted by molar-refractivity contribution is -0.119. The van der Waals surface area contributed by atoms with Gasteiger partial charge in [0, 0.05) is 0 Å². The molecule has 2 aromatic rings. The molecule has 0 bridgehead atoms. The summed E-state index contributed by atoms with van der Waals surface area (Å²) in [7, 11) is 1.25. The zero-order chi connectivity index (χ0) is 19.3. The number of esters is 2. The monoisotopic (exact) mass is 415 g/mol. The Bertz CT molecular complexity index is 852. The molecule has 0 saturated carbocycles. The largest absolute Gasteiger partial charge is 0.465 e. The van der Waals surface area contributed by atoms with Gasteiger partial charge in [0.05, 0.1) is 39.0 Å². The number of carbonyl (C=O) groups is 3. The van der Waals surface area contributed by atoms with Gasteiger partial charge in [-0.3, -0.25) is 4.79 Å². The van der Waals surface area contributed by atoms with Crippen molar-refractivity contribution >= 4 is 58.3 Å². The summed E-state index contributed by atoms with van der Waals surface area (Å²) in [5, 5.41) is 3.12. The van der Waals surface area contributed by atoms with Gasteiger partial charge in [-0.2, -0.15) is 0 Å². The highest BCUT2D eigenvalue weighted by atomic mass is 35.5. The van der Waals surface area contributed by atoms with E-state index < -0.39 is 24.5 Å². The van der Waals surface area contributed by atoms with Crippen molar-refractivity contribution in [1.82, 2.24) is 0 Å². The minimum Gasteiger partial charge on any atom is -0.465 e. The van der Waals surface area contributed by atoms with Gasteiger partial charge in [0.15, 0.2) is 6.61 Å². The number of rotatable bonds is 5. The first-order chi connectivity index (χ1) is 12.3. The van der Waals surface area contributed by atoms with E-state index in [-0.39, 0.29) is 31.9 Å². The second-order valence-electron chi connectivity index (χ2n) is 4.94. The highest BCUT2D eigenvalue weighted by molar-refractivity contribution is 6.44. The standard InChI is InChI=1S/C17H12Cl3NO5/c1-25-16(23)9-2-4-10(5-3-9)17(24)26-8-15(22)21-14-7-12(19)11(18)6-13(14)20/h2-7H,8H2,1H3,(H,21,22). The predicted octanol–water partition coefficient (Wildman–Crippen LogP) is 4.23. The second-order valence-corrected chi connectivity index (χ2v) is 6.16. The molecule has 0 aliphatic rings. The topological polar surface area (TPSA) is 81.7 Å². The van der Waals surface area contributed by atoms with Gasteiger partial charge in [0.1, 0.15) is 0 Å². The van der Waals surface area contributed by atoms with Crippen LogP contribution in [-0.4, -0.2) is 31.6 Å². The van der Waals surface area contributed by atoms with Crippen molar-refractivity contribution in [3.63, 3.8) is 0 Å². The normalized spacial score (nSPS) is 10.2. The summed E-state index contributed by atoms with van der Waals surface area (Å²) in [6.45, 7) is -0.534. The van der Waals surface area contributed by atoms with Gasteiger partial charge in [0.25, 0.3) is 5.91 Å². The van der Waals surface area contributed by atoms with Crippen molar-refractivity contribution in [2.45, 2.75) is 0 Å². The van der Waals surface area contributed by atoms with Gasteiger partial charge in [-0.25, -0.2) is 9.59 Å². The molecule has 0 aliphatic carbocycles. The van der Waals surface area contributed by atoms with Crippen LogP contribution in [0.3, 0.4) is 0 Å². The lowest BCUT2D eigenvalue weighted by Crippen LogP contribution is -2.21. The maximum atomic E-state index is 11.9. The van der Waals surface area contributed by atoms with Crippen molar-refractivity contribution in [3.8, 4) is 0 Å². The molecule has 1 N–H and O–H groups in total. The van der Waals surface area contributed by atoms with Crippen LogP contribution in [0.25, 0.3) is 0 Å². The fourth-order valence-corrected chi connectivity index (χ4v) is 2.47. The molecular formula is C17H12Cl3NO5. The molecule has 9 heteroatoms. The molecule has 136 valence electrons. The molecule has 0 radical (unpaired) electrons. The summed E-state index contributed by atoms with van der Waals surface area (Å²) >= 11 is 17.6. The number of nitrogens with one attached hydrogen (secondary N) is 1. The lowest BCUT2D eigenvalue weighted by Gasteiger charge is -2.09. The second kappa shape index (κ2) is 8.89. The zero-order valence-electron chi connectivity index (χ0n) is 13.3. The third-order valence-electron chi connectivity index (χ3n) is 3.16. The SMILES string of the molecule is COC(=O)c1ccc(C(=O)OCC(=O)Nc2cc(Cl)c(Cl)cc2Cl)cc1. The molecule has 1 amide bonds. The number of methoxy groups -OCH3 is 1. The van der Waals surface area contributed by atoms with E-state index in [2.05, 4.69) is 10.1 Å². The molecule has 6 nitrogen and oxygen atoms in total. The highest BCUT2D eigenvalue weighted by Crippen LogP contribution is 2.32. The van der Waals surface area contributed by atoms with Gasteiger partial charge < -0.3 is 14.8 Å². The van der Waals surface area contributed by atoms with Gasteiger partial charge >= 0.3 is 11.9 Å². The first-order valence-corrected chi connectivity index (χ1v) is 8.25. The molecule has 0 unspecified atom stereocenters. The maximum Gasteiger partial charge on any atom is 0.338 e. The van der Waals surface area contributed by atoms with Crippen LogP contribution in [0.4, 0.5) is 5.69 Å². The van der Waals surface area contributed by atoms with Crippen LogP contribution in [-0.2, 0) is 14.3 Å². The van der Waals surface area contributed by atoms with E-state index >= 15 is 0 Å². The Balaban J connectivity index is 1.93. The number of hydrogen-bond acceptors (Lipinski definition) is 5.